The van der Waals surface area contributed by atoms with Crippen LogP contribution in [0.4, 0.5) is 4.79 Å². The number of hydrogen-bond donors (Lipinski definition) is 2. The first kappa shape index (κ1) is 16.3. The molecule has 0 fully saturated rings. The first-order chi connectivity index (χ1) is 5.81. The van der Waals surface area contributed by atoms with Gasteiger partial charge in [-0.3, -0.25) is 0 Å². The average Bonchev–Trinajstić information content (AvgIpc) is 2.05. The van der Waals surface area contributed by atoms with Crippen molar-refractivity contribution in [2.45, 2.75) is 0 Å². The molecule has 0 aromatic heterocycles. The topological polar surface area (TPSA) is 73.6 Å². The third kappa shape index (κ3) is 12.8. The van der Waals surface area contributed by atoms with Gasteiger partial charge in [-0.2, -0.15) is 0 Å². The fourth-order valence-corrected chi connectivity index (χ4v) is 0.554. The Labute approximate surface area is 121 Å². The molecule has 72 valence electrons. The minimum Gasteiger partial charge on any atom is -0.483 e. The standard InChI is InChI=1S/C7H15N2O3.K/c1-2-12-7(10)9-4-6-11-5-3-8;/h1-6,8H2,(H,9,10);/q-1;+1. The number of rotatable bonds is 6. The Morgan fingerprint density at radius 1 is 1.46 bits per heavy atom. The maximum absolute atomic E-state index is 10.6. The molecule has 0 unspecified atom stereocenters. The Hall–Kier alpha value is 0.826. The summed E-state index contributed by atoms with van der Waals surface area (Å²) >= 11 is 0. The summed E-state index contributed by atoms with van der Waals surface area (Å²) in [7, 11) is 0. The summed E-state index contributed by atoms with van der Waals surface area (Å²) in [6, 6.07) is 0. The zero-order valence-corrected chi connectivity index (χ0v) is 11.2. The van der Waals surface area contributed by atoms with Crippen molar-refractivity contribution >= 4 is 6.09 Å². The number of nitrogens with one attached hydrogen (secondary N) is 1. The molecule has 0 atom stereocenters. The second-order valence-corrected chi connectivity index (χ2v) is 1.96. The molecule has 13 heavy (non-hydrogen) atoms. The van der Waals surface area contributed by atoms with Gasteiger partial charge in [0.25, 0.3) is 0 Å². The van der Waals surface area contributed by atoms with Gasteiger partial charge in [0.15, 0.2) is 0 Å². The van der Waals surface area contributed by atoms with E-state index in [-0.39, 0.29) is 58.0 Å². The Morgan fingerprint density at radius 3 is 2.69 bits per heavy atom. The molecule has 3 N–H and O–H groups in total. The molecule has 5 nitrogen and oxygen atoms in total. The van der Waals surface area contributed by atoms with Crippen molar-refractivity contribution in [3.63, 3.8) is 0 Å². The van der Waals surface area contributed by atoms with Gasteiger partial charge in [0.05, 0.1) is 13.2 Å². The van der Waals surface area contributed by atoms with Crippen molar-refractivity contribution in [1.82, 2.24) is 5.32 Å². The van der Waals surface area contributed by atoms with Crippen LogP contribution >= 0.6 is 0 Å². The van der Waals surface area contributed by atoms with Gasteiger partial charge in [0, 0.05) is 13.1 Å². The molecule has 0 radical (unpaired) electrons. The van der Waals surface area contributed by atoms with E-state index in [2.05, 4.69) is 17.0 Å². The SMILES string of the molecule is [CH2-]COC(=O)NCCOCCN.[K+]. The molecule has 0 aromatic rings. The number of hydrogen-bond acceptors (Lipinski definition) is 4. The van der Waals surface area contributed by atoms with Crippen molar-refractivity contribution in [2.75, 3.05) is 32.9 Å². The summed E-state index contributed by atoms with van der Waals surface area (Å²) < 4.78 is 9.51. The summed E-state index contributed by atoms with van der Waals surface area (Å²) in [4.78, 5) is 10.6. The van der Waals surface area contributed by atoms with E-state index in [0.717, 1.165) is 0 Å². The summed E-state index contributed by atoms with van der Waals surface area (Å²) in [6.45, 7) is 5.36. The fraction of sp³-hybridized carbons (Fsp3) is 0.714. The van der Waals surface area contributed by atoms with Crippen LogP contribution in [-0.2, 0) is 9.47 Å². The number of amides is 1. The van der Waals surface area contributed by atoms with E-state index in [1.54, 1.807) is 0 Å². The van der Waals surface area contributed by atoms with Crippen LogP contribution in [0.3, 0.4) is 0 Å². The summed E-state index contributed by atoms with van der Waals surface area (Å²) in [5.41, 5.74) is 5.17. The number of alkyl carbamates (subject to hydrolysis) is 1. The molecule has 0 saturated carbocycles. The van der Waals surface area contributed by atoms with E-state index in [0.29, 0.717) is 26.3 Å². The third-order valence-electron chi connectivity index (χ3n) is 1.01. The maximum Gasteiger partial charge on any atom is 1.00 e. The number of ether oxygens (including phenoxy) is 2. The first-order valence-corrected chi connectivity index (χ1v) is 3.79. The van der Waals surface area contributed by atoms with Gasteiger partial charge < -0.3 is 27.4 Å². The molecule has 0 heterocycles. The molecule has 0 rings (SSSR count). The van der Waals surface area contributed by atoms with E-state index in [1.165, 1.54) is 0 Å². The van der Waals surface area contributed by atoms with Crippen LogP contribution in [0.15, 0.2) is 0 Å². The summed E-state index contributed by atoms with van der Waals surface area (Å²) in [6.07, 6.45) is -0.471. The normalized spacial score (nSPS) is 8.77. The van der Waals surface area contributed by atoms with Crippen LogP contribution in [0, 0.1) is 6.92 Å². The minimum absolute atomic E-state index is 0. The smallest absolute Gasteiger partial charge is 0.483 e. The maximum atomic E-state index is 10.6. The molecular formula is C7H15KN2O3. The van der Waals surface area contributed by atoms with E-state index in [4.69, 9.17) is 10.5 Å². The average molecular weight is 214 g/mol. The van der Waals surface area contributed by atoms with Gasteiger partial charge in [0.1, 0.15) is 0 Å². The van der Waals surface area contributed by atoms with Crippen LogP contribution < -0.4 is 62.4 Å². The molecule has 6 heteroatoms. The second-order valence-electron chi connectivity index (χ2n) is 1.96. The van der Waals surface area contributed by atoms with Gasteiger partial charge in [0.2, 0.25) is 0 Å². The van der Waals surface area contributed by atoms with E-state index in [1.807, 2.05) is 0 Å². The van der Waals surface area contributed by atoms with Crippen molar-refractivity contribution in [2.24, 2.45) is 5.73 Å². The summed E-state index contributed by atoms with van der Waals surface area (Å²) in [5, 5.41) is 2.48. The predicted octanol–water partition coefficient (Wildman–Crippen LogP) is -3.47. The molecule has 0 aromatic carbocycles. The van der Waals surface area contributed by atoms with Crippen LogP contribution in [0.2, 0.25) is 0 Å². The Kier molecular flexibility index (Phi) is 16.0. The molecule has 0 bridgehead atoms. The minimum atomic E-state index is -0.471. The van der Waals surface area contributed by atoms with Crippen molar-refractivity contribution in [3.05, 3.63) is 6.92 Å². The number of nitrogens with two attached hydrogens (primary N) is 1. The Balaban J connectivity index is 0. The zero-order valence-electron chi connectivity index (χ0n) is 8.04. The predicted molar refractivity (Wildman–Crippen MR) is 44.6 cm³/mol. The van der Waals surface area contributed by atoms with Gasteiger partial charge in [-0.15, -0.1) is 0 Å². The van der Waals surface area contributed by atoms with Crippen LogP contribution in [0.5, 0.6) is 0 Å². The van der Waals surface area contributed by atoms with Crippen LogP contribution in [-0.4, -0.2) is 39.0 Å². The second kappa shape index (κ2) is 12.8. The van der Waals surface area contributed by atoms with E-state index in [9.17, 15) is 4.79 Å². The largest absolute Gasteiger partial charge is 1.00 e. The van der Waals surface area contributed by atoms with Gasteiger partial charge in [-0.25, -0.2) is 4.79 Å². The molecule has 0 aliphatic heterocycles. The molecule has 0 saturated heterocycles. The van der Waals surface area contributed by atoms with Crippen molar-refractivity contribution < 1.29 is 65.7 Å². The monoisotopic (exact) mass is 214 g/mol. The van der Waals surface area contributed by atoms with Gasteiger partial charge >= 0.3 is 57.5 Å². The molecule has 0 spiro atoms. The third-order valence-corrected chi connectivity index (χ3v) is 1.01. The summed E-state index contributed by atoms with van der Waals surface area (Å²) in [5.74, 6) is 0. The quantitative estimate of drug-likeness (QED) is 0.274. The Morgan fingerprint density at radius 2 is 2.15 bits per heavy atom. The number of carbonyl (C=O) groups is 1. The van der Waals surface area contributed by atoms with E-state index < -0.39 is 6.09 Å². The zero-order chi connectivity index (χ0) is 9.23. The molecular weight excluding hydrogens is 199 g/mol. The fourth-order valence-electron chi connectivity index (χ4n) is 0.554. The Bertz CT molecular complexity index is 124. The molecule has 1 amide bonds. The van der Waals surface area contributed by atoms with Crippen LogP contribution in [0.1, 0.15) is 0 Å². The number of carbonyl (C=O) groups excluding carboxylic acids is 1. The van der Waals surface area contributed by atoms with Crippen LogP contribution in [0.25, 0.3) is 0 Å². The van der Waals surface area contributed by atoms with Crippen molar-refractivity contribution in [3.8, 4) is 0 Å². The molecule has 0 aliphatic rings. The van der Waals surface area contributed by atoms with Crippen molar-refractivity contribution in [1.29, 1.82) is 0 Å². The molecule has 0 aliphatic carbocycles. The van der Waals surface area contributed by atoms with E-state index >= 15 is 0 Å². The van der Waals surface area contributed by atoms with Gasteiger partial charge in [-0.1, -0.05) is 0 Å². The van der Waals surface area contributed by atoms with Gasteiger partial charge in [-0.05, 0) is 6.61 Å². The first-order valence-electron chi connectivity index (χ1n) is 3.79.